The van der Waals surface area contributed by atoms with Crippen molar-refractivity contribution in [1.29, 1.82) is 0 Å². The third kappa shape index (κ3) is 23.0. The lowest BCUT2D eigenvalue weighted by Crippen LogP contribution is -1.63. The molecule has 0 saturated heterocycles. The van der Waals surface area contributed by atoms with E-state index in [1.54, 1.807) is 0 Å². The van der Waals surface area contributed by atoms with Crippen LogP contribution >= 0.6 is 0 Å². The molecule has 0 fully saturated rings. The zero-order valence-corrected chi connectivity index (χ0v) is 7.33. The molecule has 0 aromatic heterocycles. The smallest absolute Gasteiger partial charge is 0.00279 e. The summed E-state index contributed by atoms with van der Waals surface area (Å²) < 4.78 is 0. The summed E-state index contributed by atoms with van der Waals surface area (Å²) in [7, 11) is 1.40. The molecule has 0 amide bonds. The van der Waals surface area contributed by atoms with Crippen LogP contribution in [0.2, 0.25) is 6.04 Å². The minimum absolute atomic E-state index is 0. The molecule has 0 rings (SSSR count). The first-order chi connectivity index (χ1) is 2.41. The number of unbranched alkanes of at least 4 members (excludes halogenated alkanes) is 1. The van der Waals surface area contributed by atoms with E-state index in [1.807, 2.05) is 0 Å². The standard InChI is InChI=1S/C4H12Si.H3N.H2O/c1-2-3-4-5;;/h2-4H2,1,5H3;1H3;1H2. The fourth-order valence-electron chi connectivity index (χ4n) is 0.354. The molecule has 0 spiro atoms. The van der Waals surface area contributed by atoms with Gasteiger partial charge >= 0.3 is 0 Å². The van der Waals surface area contributed by atoms with Gasteiger partial charge in [0.05, 0.1) is 0 Å². The number of hydrogen-bond donors (Lipinski definition) is 1. The maximum atomic E-state index is 2.23. The van der Waals surface area contributed by atoms with Crippen molar-refractivity contribution < 1.29 is 5.48 Å². The van der Waals surface area contributed by atoms with Gasteiger partial charge in [0.15, 0.2) is 0 Å². The van der Waals surface area contributed by atoms with Crippen LogP contribution in [-0.4, -0.2) is 15.7 Å². The van der Waals surface area contributed by atoms with Crippen molar-refractivity contribution in [2.24, 2.45) is 0 Å². The Bertz CT molecular complexity index is 19.2. The van der Waals surface area contributed by atoms with E-state index in [9.17, 15) is 0 Å². The summed E-state index contributed by atoms with van der Waals surface area (Å²) in [5.74, 6) is 0. The Morgan fingerprint density at radius 1 is 1.43 bits per heavy atom. The molecule has 7 heavy (non-hydrogen) atoms. The van der Waals surface area contributed by atoms with Gasteiger partial charge in [0.25, 0.3) is 0 Å². The molecule has 0 atom stereocenters. The predicted octanol–water partition coefficient (Wildman–Crippen LogP) is -0.0925. The normalized spacial score (nSPS) is 6.43. The molecule has 0 aromatic carbocycles. The SMILES string of the molecule is CCCC[SiH3].N.O. The third-order valence-corrected chi connectivity index (χ3v) is 1.41. The van der Waals surface area contributed by atoms with Gasteiger partial charge in [0.2, 0.25) is 0 Å². The summed E-state index contributed by atoms with van der Waals surface area (Å²) in [5.41, 5.74) is 0. The van der Waals surface area contributed by atoms with E-state index in [2.05, 4.69) is 6.92 Å². The van der Waals surface area contributed by atoms with Gasteiger partial charge in [0, 0.05) is 10.2 Å². The van der Waals surface area contributed by atoms with Crippen LogP contribution in [-0.2, 0) is 0 Å². The van der Waals surface area contributed by atoms with Crippen molar-refractivity contribution >= 4 is 10.2 Å². The molecule has 0 bridgehead atoms. The molecule has 0 aliphatic rings. The van der Waals surface area contributed by atoms with Crippen LogP contribution < -0.4 is 6.15 Å². The van der Waals surface area contributed by atoms with Crippen molar-refractivity contribution in [2.45, 2.75) is 25.8 Å². The average Bonchev–Trinajstić information content (AvgIpc) is 1.41. The molecule has 0 unspecified atom stereocenters. The highest BCUT2D eigenvalue weighted by Gasteiger charge is 1.68. The summed E-state index contributed by atoms with van der Waals surface area (Å²) in [4.78, 5) is 0. The van der Waals surface area contributed by atoms with Gasteiger partial charge in [-0.15, -0.1) is 0 Å². The van der Waals surface area contributed by atoms with Gasteiger partial charge < -0.3 is 11.6 Å². The molecular weight excluding hydrogens is 106 g/mol. The Balaban J connectivity index is -0.0000000800. The van der Waals surface area contributed by atoms with Crippen LogP contribution in [0.15, 0.2) is 0 Å². The highest BCUT2D eigenvalue weighted by atomic mass is 28.1. The van der Waals surface area contributed by atoms with Crippen molar-refractivity contribution in [1.82, 2.24) is 6.15 Å². The molecule has 0 heterocycles. The largest absolute Gasteiger partial charge is 0.412 e. The van der Waals surface area contributed by atoms with E-state index >= 15 is 0 Å². The monoisotopic (exact) mass is 123 g/mol. The Labute approximate surface area is 48.6 Å². The van der Waals surface area contributed by atoms with Crippen molar-refractivity contribution in [2.75, 3.05) is 0 Å². The van der Waals surface area contributed by atoms with E-state index in [4.69, 9.17) is 0 Å². The molecule has 0 saturated carbocycles. The lowest BCUT2D eigenvalue weighted by molar-refractivity contribution is 0.824. The Hall–Kier alpha value is 0.137. The molecule has 0 radical (unpaired) electrons. The van der Waals surface area contributed by atoms with Gasteiger partial charge in [-0.1, -0.05) is 25.8 Å². The molecule has 0 aromatic rings. The molecule has 0 aliphatic heterocycles. The van der Waals surface area contributed by atoms with Crippen LogP contribution in [0, 0.1) is 0 Å². The fraction of sp³-hybridized carbons (Fsp3) is 1.00. The first-order valence-electron chi connectivity index (χ1n) is 2.41. The van der Waals surface area contributed by atoms with Crippen LogP contribution in [0.1, 0.15) is 19.8 Å². The van der Waals surface area contributed by atoms with Crippen molar-refractivity contribution in [3.63, 3.8) is 0 Å². The number of hydrogen-bond acceptors (Lipinski definition) is 1. The lowest BCUT2D eigenvalue weighted by Gasteiger charge is -1.79. The van der Waals surface area contributed by atoms with Crippen LogP contribution in [0.4, 0.5) is 0 Å². The van der Waals surface area contributed by atoms with Gasteiger partial charge in [-0.2, -0.15) is 0 Å². The minimum Gasteiger partial charge on any atom is -0.412 e. The quantitative estimate of drug-likeness (QED) is 0.512. The highest BCUT2D eigenvalue weighted by molar-refractivity contribution is 6.08. The molecule has 2 nitrogen and oxygen atoms in total. The third-order valence-electron chi connectivity index (χ3n) is 0.707. The van der Waals surface area contributed by atoms with Crippen LogP contribution in [0.5, 0.6) is 0 Å². The minimum atomic E-state index is 0. The predicted molar refractivity (Wildman–Crippen MR) is 38.3 cm³/mol. The first-order valence-corrected chi connectivity index (χ1v) is 3.83. The second-order valence-corrected chi connectivity index (χ2v) is 2.35. The molecule has 0 aliphatic carbocycles. The molecule has 48 valence electrons. The molecule has 5 N–H and O–H groups in total. The van der Waals surface area contributed by atoms with E-state index in [0.717, 1.165) is 0 Å². The van der Waals surface area contributed by atoms with E-state index in [0.29, 0.717) is 0 Å². The summed E-state index contributed by atoms with van der Waals surface area (Å²) in [5, 5.41) is 0. The summed E-state index contributed by atoms with van der Waals surface area (Å²) in [6.07, 6.45) is 2.83. The second-order valence-electron chi connectivity index (χ2n) is 1.35. The first kappa shape index (κ1) is 15.7. The maximum absolute atomic E-state index is 2.23. The highest BCUT2D eigenvalue weighted by Crippen LogP contribution is 1.86. The maximum Gasteiger partial charge on any atom is 0.00279 e. The average molecular weight is 123 g/mol. The molecular formula is C4H17NOSi. The Morgan fingerprint density at radius 3 is 1.86 bits per heavy atom. The van der Waals surface area contributed by atoms with Crippen LogP contribution in [0.25, 0.3) is 0 Å². The lowest BCUT2D eigenvalue weighted by atomic mass is 10.4. The summed E-state index contributed by atoms with van der Waals surface area (Å²) in [6, 6.07) is 1.48. The second kappa shape index (κ2) is 16.5. The van der Waals surface area contributed by atoms with Gasteiger partial charge in [-0.25, -0.2) is 0 Å². The molecule has 3 heteroatoms. The van der Waals surface area contributed by atoms with Crippen molar-refractivity contribution in [3.8, 4) is 0 Å². The zero-order valence-electron chi connectivity index (χ0n) is 5.33. The van der Waals surface area contributed by atoms with Gasteiger partial charge in [0.1, 0.15) is 0 Å². The van der Waals surface area contributed by atoms with E-state index in [-0.39, 0.29) is 11.6 Å². The Kier molecular flexibility index (Phi) is 36.9. The van der Waals surface area contributed by atoms with Gasteiger partial charge in [-0.3, -0.25) is 0 Å². The fourth-order valence-corrected chi connectivity index (χ4v) is 1.06. The number of rotatable bonds is 2. The summed E-state index contributed by atoms with van der Waals surface area (Å²) in [6.45, 7) is 2.23. The Morgan fingerprint density at radius 2 is 1.86 bits per heavy atom. The zero-order chi connectivity index (χ0) is 4.12. The van der Waals surface area contributed by atoms with Crippen molar-refractivity contribution in [3.05, 3.63) is 0 Å². The van der Waals surface area contributed by atoms with E-state index < -0.39 is 0 Å². The summed E-state index contributed by atoms with van der Waals surface area (Å²) >= 11 is 0. The topological polar surface area (TPSA) is 66.5 Å². The van der Waals surface area contributed by atoms with Crippen LogP contribution in [0.3, 0.4) is 0 Å². The van der Waals surface area contributed by atoms with E-state index in [1.165, 1.54) is 29.1 Å². The van der Waals surface area contributed by atoms with Gasteiger partial charge in [-0.05, 0) is 0 Å².